The molecule has 0 aromatic carbocycles. The van der Waals surface area contributed by atoms with Gasteiger partial charge in [-0.25, -0.2) is 8.42 Å². The summed E-state index contributed by atoms with van der Waals surface area (Å²) in [6.07, 6.45) is 5.26. The molecule has 0 atom stereocenters. The number of likely N-dealkylation sites (N-methyl/N-ethyl adjacent to an activating group) is 1. The molecular formula is C12H22N4O2S. The Bertz CT molecular complexity index is 532. The Hall–Kier alpha value is -0.920. The molecule has 7 heteroatoms. The van der Waals surface area contributed by atoms with Crippen molar-refractivity contribution < 1.29 is 8.42 Å². The zero-order valence-corrected chi connectivity index (χ0v) is 12.4. The van der Waals surface area contributed by atoms with Crippen LogP contribution in [0, 0.1) is 0 Å². The minimum absolute atomic E-state index is 0.231. The largest absolute Gasteiger partial charge is 0.329 e. The fourth-order valence-electron chi connectivity index (χ4n) is 3.08. The first-order valence-electron chi connectivity index (χ1n) is 6.69. The third-order valence-electron chi connectivity index (χ3n) is 4.06. The van der Waals surface area contributed by atoms with Gasteiger partial charge in [0.15, 0.2) is 5.03 Å². The standard InChI is InChI=1S/C12H22N4O2S/c1-3-16(12(10-13)7-4-5-8-12)19(17,18)11-6-9-14-15(11)2/h6,9H,3-5,7-8,10,13H2,1-2H3. The Morgan fingerprint density at radius 3 is 2.53 bits per heavy atom. The second-order valence-corrected chi connectivity index (χ2v) is 6.91. The molecule has 1 aliphatic carbocycles. The van der Waals surface area contributed by atoms with E-state index in [0.29, 0.717) is 13.1 Å². The van der Waals surface area contributed by atoms with Gasteiger partial charge in [-0.1, -0.05) is 19.8 Å². The lowest BCUT2D eigenvalue weighted by Crippen LogP contribution is -2.54. The van der Waals surface area contributed by atoms with E-state index in [4.69, 9.17) is 5.73 Å². The highest BCUT2D eigenvalue weighted by Gasteiger charge is 2.44. The average molecular weight is 286 g/mol. The van der Waals surface area contributed by atoms with E-state index >= 15 is 0 Å². The van der Waals surface area contributed by atoms with Crippen molar-refractivity contribution in [3.63, 3.8) is 0 Å². The lowest BCUT2D eigenvalue weighted by atomic mass is 9.98. The summed E-state index contributed by atoms with van der Waals surface area (Å²) >= 11 is 0. The fraction of sp³-hybridized carbons (Fsp3) is 0.750. The van der Waals surface area contributed by atoms with Crippen molar-refractivity contribution in [2.24, 2.45) is 12.8 Å². The molecule has 0 amide bonds. The highest BCUT2D eigenvalue weighted by molar-refractivity contribution is 7.89. The van der Waals surface area contributed by atoms with Gasteiger partial charge in [-0.2, -0.15) is 9.40 Å². The molecule has 0 radical (unpaired) electrons. The maximum atomic E-state index is 12.8. The zero-order valence-electron chi connectivity index (χ0n) is 11.5. The van der Waals surface area contributed by atoms with Crippen molar-refractivity contribution in [1.29, 1.82) is 0 Å². The van der Waals surface area contributed by atoms with Crippen LogP contribution in [-0.4, -0.2) is 41.1 Å². The number of hydrogen-bond donors (Lipinski definition) is 1. The Kier molecular flexibility index (Phi) is 3.98. The number of aromatic nitrogens is 2. The number of hydrogen-bond acceptors (Lipinski definition) is 4. The number of rotatable bonds is 5. The molecule has 0 saturated heterocycles. The van der Waals surface area contributed by atoms with Gasteiger partial charge in [-0.3, -0.25) is 4.68 Å². The molecule has 0 bridgehead atoms. The third-order valence-corrected chi connectivity index (χ3v) is 6.22. The van der Waals surface area contributed by atoms with Gasteiger partial charge >= 0.3 is 0 Å². The smallest absolute Gasteiger partial charge is 0.260 e. The minimum Gasteiger partial charge on any atom is -0.329 e. The summed E-state index contributed by atoms with van der Waals surface area (Å²) in [5, 5.41) is 4.18. The quantitative estimate of drug-likeness (QED) is 0.864. The SMILES string of the molecule is CCN(C1(CN)CCCC1)S(=O)(=O)c1ccnn1C. The van der Waals surface area contributed by atoms with Crippen LogP contribution in [0.15, 0.2) is 17.3 Å². The molecule has 1 aromatic heterocycles. The molecule has 1 aromatic rings. The second kappa shape index (κ2) is 5.22. The van der Waals surface area contributed by atoms with Gasteiger partial charge in [0.2, 0.25) is 0 Å². The van der Waals surface area contributed by atoms with E-state index in [-0.39, 0.29) is 5.03 Å². The van der Waals surface area contributed by atoms with Gasteiger partial charge in [0.25, 0.3) is 10.0 Å². The Morgan fingerprint density at radius 1 is 1.47 bits per heavy atom. The molecule has 0 spiro atoms. The molecule has 1 aliphatic rings. The van der Waals surface area contributed by atoms with Crippen LogP contribution in [0.25, 0.3) is 0 Å². The lowest BCUT2D eigenvalue weighted by molar-refractivity contribution is 0.204. The van der Waals surface area contributed by atoms with E-state index in [1.807, 2.05) is 6.92 Å². The topological polar surface area (TPSA) is 81.2 Å². The highest BCUT2D eigenvalue weighted by Crippen LogP contribution is 2.37. The number of nitrogens with zero attached hydrogens (tertiary/aromatic N) is 3. The fourth-order valence-corrected chi connectivity index (χ4v) is 5.02. The van der Waals surface area contributed by atoms with Gasteiger partial charge in [0.05, 0.1) is 6.20 Å². The molecule has 2 rings (SSSR count). The van der Waals surface area contributed by atoms with Crippen LogP contribution < -0.4 is 5.73 Å². The minimum atomic E-state index is -3.54. The van der Waals surface area contributed by atoms with Crippen molar-refractivity contribution >= 4 is 10.0 Å². The predicted molar refractivity (Wildman–Crippen MR) is 73.0 cm³/mol. The van der Waals surface area contributed by atoms with E-state index < -0.39 is 15.6 Å². The molecular weight excluding hydrogens is 264 g/mol. The Morgan fingerprint density at radius 2 is 2.11 bits per heavy atom. The molecule has 108 valence electrons. The van der Waals surface area contributed by atoms with E-state index in [2.05, 4.69) is 5.10 Å². The van der Waals surface area contributed by atoms with Crippen LogP contribution in [0.1, 0.15) is 32.6 Å². The zero-order chi connectivity index (χ0) is 14.1. The molecule has 19 heavy (non-hydrogen) atoms. The molecule has 6 nitrogen and oxygen atoms in total. The van der Waals surface area contributed by atoms with Crippen molar-refractivity contribution in [3.8, 4) is 0 Å². The number of nitrogens with two attached hydrogens (primary N) is 1. The van der Waals surface area contributed by atoms with Crippen LogP contribution >= 0.6 is 0 Å². The summed E-state index contributed by atoms with van der Waals surface area (Å²) in [5.41, 5.74) is 5.49. The summed E-state index contributed by atoms with van der Waals surface area (Å²) in [6, 6.07) is 1.54. The van der Waals surface area contributed by atoms with Crippen LogP contribution in [0.5, 0.6) is 0 Å². The van der Waals surface area contributed by atoms with E-state index in [9.17, 15) is 8.42 Å². The summed E-state index contributed by atoms with van der Waals surface area (Å²) in [4.78, 5) is 0. The molecule has 0 aliphatic heterocycles. The maximum Gasteiger partial charge on any atom is 0.260 e. The van der Waals surface area contributed by atoms with Crippen molar-refractivity contribution in [1.82, 2.24) is 14.1 Å². The van der Waals surface area contributed by atoms with Crippen molar-refractivity contribution in [2.75, 3.05) is 13.1 Å². The first kappa shape index (κ1) is 14.5. The van der Waals surface area contributed by atoms with Gasteiger partial charge < -0.3 is 5.73 Å². The summed E-state index contributed by atoms with van der Waals surface area (Å²) in [6.45, 7) is 2.67. The van der Waals surface area contributed by atoms with Gasteiger partial charge in [0.1, 0.15) is 0 Å². The monoisotopic (exact) mass is 286 g/mol. The first-order valence-corrected chi connectivity index (χ1v) is 8.13. The molecule has 1 fully saturated rings. The van der Waals surface area contributed by atoms with E-state index in [0.717, 1.165) is 25.7 Å². The average Bonchev–Trinajstić information content (AvgIpc) is 2.99. The lowest BCUT2D eigenvalue weighted by Gasteiger charge is -2.38. The Labute approximate surface area is 114 Å². The Balaban J connectivity index is 2.44. The molecule has 2 N–H and O–H groups in total. The van der Waals surface area contributed by atoms with Crippen molar-refractivity contribution in [3.05, 3.63) is 12.3 Å². The van der Waals surface area contributed by atoms with Gasteiger partial charge in [0, 0.05) is 25.7 Å². The van der Waals surface area contributed by atoms with Gasteiger partial charge in [-0.15, -0.1) is 0 Å². The van der Waals surface area contributed by atoms with Crippen LogP contribution in [0.2, 0.25) is 0 Å². The van der Waals surface area contributed by atoms with Gasteiger partial charge in [-0.05, 0) is 18.9 Å². The number of aryl methyl sites for hydroxylation is 1. The van der Waals surface area contributed by atoms with E-state index in [1.54, 1.807) is 11.4 Å². The highest BCUT2D eigenvalue weighted by atomic mass is 32.2. The maximum absolute atomic E-state index is 12.8. The third kappa shape index (κ3) is 2.30. The molecule has 1 heterocycles. The predicted octanol–water partition coefficient (Wildman–Crippen LogP) is 0.702. The first-order chi connectivity index (χ1) is 8.98. The summed E-state index contributed by atoms with van der Waals surface area (Å²) < 4.78 is 28.6. The van der Waals surface area contributed by atoms with Crippen molar-refractivity contribution in [2.45, 2.75) is 43.2 Å². The normalized spacial score (nSPS) is 19.2. The van der Waals surface area contributed by atoms with E-state index in [1.165, 1.54) is 16.9 Å². The second-order valence-electron chi connectivity index (χ2n) is 5.10. The van der Waals surface area contributed by atoms with Crippen LogP contribution in [0.3, 0.4) is 0 Å². The molecule has 1 saturated carbocycles. The number of sulfonamides is 1. The van der Waals surface area contributed by atoms with Crippen LogP contribution in [0.4, 0.5) is 0 Å². The van der Waals surface area contributed by atoms with Crippen LogP contribution in [-0.2, 0) is 17.1 Å². The summed E-state index contributed by atoms with van der Waals surface area (Å²) in [7, 11) is -1.90. The molecule has 0 unspecified atom stereocenters. The summed E-state index contributed by atoms with van der Waals surface area (Å²) in [5.74, 6) is 0.